The molecule has 2 rings (SSSR count). The van der Waals surface area contributed by atoms with Crippen LogP contribution in [0.1, 0.15) is 45.4 Å². The van der Waals surface area contributed by atoms with E-state index >= 15 is 0 Å². The minimum Gasteiger partial charge on any atom is -0.381 e. The lowest BCUT2D eigenvalue weighted by Gasteiger charge is -2.24. The zero-order valence-corrected chi connectivity index (χ0v) is 18.1. The molecule has 1 aliphatic carbocycles. The fourth-order valence-electron chi connectivity index (χ4n) is 3.52. The first-order valence-corrected chi connectivity index (χ1v) is 9.55. The smallest absolute Gasteiger partial charge is 0.223 e. The van der Waals surface area contributed by atoms with E-state index in [2.05, 4.69) is 34.5 Å². The summed E-state index contributed by atoms with van der Waals surface area (Å²) in [5.74, 6) is 1.94. The van der Waals surface area contributed by atoms with Gasteiger partial charge in [0.1, 0.15) is 0 Å². The molecule has 7 heteroatoms. The van der Waals surface area contributed by atoms with Crippen LogP contribution < -0.4 is 10.6 Å². The van der Waals surface area contributed by atoms with Gasteiger partial charge in [0, 0.05) is 45.1 Å². The number of rotatable bonds is 7. The Bertz CT molecular complexity index is 408. The predicted molar refractivity (Wildman–Crippen MR) is 113 cm³/mol. The molecule has 6 nitrogen and oxygen atoms in total. The highest BCUT2D eigenvalue weighted by atomic mass is 127. The number of carbonyl (C=O) groups excluding carboxylic acids is 1. The van der Waals surface area contributed by atoms with Gasteiger partial charge in [0.25, 0.3) is 0 Å². The summed E-state index contributed by atoms with van der Waals surface area (Å²) in [7, 11) is 2.07. The van der Waals surface area contributed by atoms with Crippen molar-refractivity contribution in [2.45, 2.75) is 45.4 Å². The molecule has 2 fully saturated rings. The SMILES string of the molecule is CCNC(=NCCNC(=O)C1CCCCC1)N(C)CC1CCOC1.I. The molecule has 25 heavy (non-hydrogen) atoms. The van der Waals surface area contributed by atoms with Crippen LogP contribution >= 0.6 is 24.0 Å². The Labute approximate surface area is 169 Å². The zero-order valence-electron chi connectivity index (χ0n) is 15.8. The number of nitrogens with zero attached hydrogens (tertiary/aromatic N) is 2. The van der Waals surface area contributed by atoms with Crippen molar-refractivity contribution in [1.82, 2.24) is 15.5 Å². The summed E-state index contributed by atoms with van der Waals surface area (Å²) in [6.45, 7) is 6.84. The molecule has 1 unspecified atom stereocenters. The van der Waals surface area contributed by atoms with Crippen LogP contribution in [0.3, 0.4) is 0 Å². The van der Waals surface area contributed by atoms with Crippen LogP contribution in [0.15, 0.2) is 4.99 Å². The fraction of sp³-hybridized carbons (Fsp3) is 0.889. The second-order valence-corrected chi connectivity index (χ2v) is 6.97. The molecule has 1 amide bonds. The summed E-state index contributed by atoms with van der Waals surface area (Å²) in [6, 6.07) is 0. The number of halogens is 1. The van der Waals surface area contributed by atoms with Crippen molar-refractivity contribution in [2.24, 2.45) is 16.8 Å². The lowest BCUT2D eigenvalue weighted by atomic mass is 9.89. The van der Waals surface area contributed by atoms with Gasteiger partial charge in [-0.05, 0) is 26.2 Å². The van der Waals surface area contributed by atoms with E-state index in [4.69, 9.17) is 4.74 Å². The molecule has 1 heterocycles. The molecular formula is C18H35IN4O2. The van der Waals surface area contributed by atoms with Crippen LogP contribution in [0.5, 0.6) is 0 Å². The van der Waals surface area contributed by atoms with Crippen LogP contribution in [0.2, 0.25) is 0 Å². The van der Waals surface area contributed by atoms with Crippen molar-refractivity contribution >= 4 is 35.8 Å². The third-order valence-corrected chi connectivity index (χ3v) is 4.90. The number of aliphatic imine (C=N–C) groups is 1. The molecule has 0 aromatic heterocycles. The molecular weight excluding hydrogens is 431 g/mol. The van der Waals surface area contributed by atoms with Crippen molar-refractivity contribution < 1.29 is 9.53 Å². The minimum atomic E-state index is 0. The molecule has 0 radical (unpaired) electrons. The van der Waals surface area contributed by atoms with E-state index in [1.54, 1.807) is 0 Å². The van der Waals surface area contributed by atoms with Crippen LogP contribution in [0, 0.1) is 11.8 Å². The van der Waals surface area contributed by atoms with E-state index in [1.807, 2.05) is 0 Å². The molecule has 1 saturated carbocycles. The van der Waals surface area contributed by atoms with Gasteiger partial charge in [0.15, 0.2) is 5.96 Å². The van der Waals surface area contributed by atoms with Crippen molar-refractivity contribution in [1.29, 1.82) is 0 Å². The number of guanidine groups is 1. The van der Waals surface area contributed by atoms with Gasteiger partial charge in [-0.1, -0.05) is 19.3 Å². The molecule has 0 bridgehead atoms. The zero-order chi connectivity index (χ0) is 17.2. The number of amides is 1. The van der Waals surface area contributed by atoms with Gasteiger partial charge in [-0.2, -0.15) is 0 Å². The Kier molecular flexibility index (Phi) is 11.4. The monoisotopic (exact) mass is 466 g/mol. The Morgan fingerprint density at radius 1 is 1.20 bits per heavy atom. The number of ether oxygens (including phenoxy) is 1. The molecule has 0 aromatic carbocycles. The predicted octanol–water partition coefficient (Wildman–Crippen LogP) is 2.23. The molecule has 146 valence electrons. The lowest BCUT2D eigenvalue weighted by Crippen LogP contribution is -2.42. The summed E-state index contributed by atoms with van der Waals surface area (Å²) >= 11 is 0. The Morgan fingerprint density at radius 2 is 1.96 bits per heavy atom. The minimum absolute atomic E-state index is 0. The van der Waals surface area contributed by atoms with Crippen LogP contribution in [0.25, 0.3) is 0 Å². The highest BCUT2D eigenvalue weighted by Crippen LogP contribution is 2.23. The quantitative estimate of drug-likeness (QED) is 0.262. The molecule has 1 atom stereocenters. The van der Waals surface area contributed by atoms with Crippen molar-refractivity contribution in [3.8, 4) is 0 Å². The molecule has 2 aliphatic rings. The highest BCUT2D eigenvalue weighted by Gasteiger charge is 2.21. The van der Waals surface area contributed by atoms with Gasteiger partial charge in [0.2, 0.25) is 5.91 Å². The summed E-state index contributed by atoms with van der Waals surface area (Å²) in [5, 5.41) is 6.38. The Balaban J connectivity index is 0.00000312. The van der Waals surface area contributed by atoms with Gasteiger partial charge in [-0.3, -0.25) is 9.79 Å². The maximum absolute atomic E-state index is 12.1. The first-order chi connectivity index (χ1) is 11.7. The van der Waals surface area contributed by atoms with Gasteiger partial charge >= 0.3 is 0 Å². The average Bonchev–Trinajstić information content (AvgIpc) is 3.11. The molecule has 0 aromatic rings. The van der Waals surface area contributed by atoms with Crippen molar-refractivity contribution in [3.63, 3.8) is 0 Å². The highest BCUT2D eigenvalue weighted by molar-refractivity contribution is 14.0. The number of carbonyl (C=O) groups is 1. The van der Waals surface area contributed by atoms with Gasteiger partial charge in [-0.25, -0.2) is 0 Å². The van der Waals surface area contributed by atoms with E-state index in [1.165, 1.54) is 19.3 Å². The number of hydrogen-bond acceptors (Lipinski definition) is 3. The topological polar surface area (TPSA) is 66.0 Å². The van der Waals surface area contributed by atoms with E-state index in [0.717, 1.165) is 51.5 Å². The lowest BCUT2D eigenvalue weighted by molar-refractivity contribution is -0.125. The van der Waals surface area contributed by atoms with E-state index < -0.39 is 0 Å². The molecule has 0 spiro atoms. The summed E-state index contributed by atoms with van der Waals surface area (Å²) in [5.41, 5.74) is 0. The number of hydrogen-bond donors (Lipinski definition) is 2. The second kappa shape index (κ2) is 12.7. The van der Waals surface area contributed by atoms with E-state index in [-0.39, 0.29) is 35.8 Å². The summed E-state index contributed by atoms with van der Waals surface area (Å²) in [4.78, 5) is 19.0. The van der Waals surface area contributed by atoms with E-state index in [0.29, 0.717) is 19.0 Å². The third-order valence-electron chi connectivity index (χ3n) is 4.90. The van der Waals surface area contributed by atoms with Crippen LogP contribution in [-0.4, -0.2) is 63.2 Å². The Morgan fingerprint density at radius 3 is 2.60 bits per heavy atom. The first kappa shape index (κ1) is 22.5. The van der Waals surface area contributed by atoms with Crippen LogP contribution in [-0.2, 0) is 9.53 Å². The first-order valence-electron chi connectivity index (χ1n) is 9.55. The maximum atomic E-state index is 12.1. The summed E-state index contributed by atoms with van der Waals surface area (Å²) < 4.78 is 5.45. The normalized spacial score (nSPS) is 21.5. The van der Waals surface area contributed by atoms with Crippen molar-refractivity contribution in [2.75, 3.05) is 46.4 Å². The molecule has 1 aliphatic heterocycles. The summed E-state index contributed by atoms with van der Waals surface area (Å²) in [6.07, 6.45) is 6.88. The van der Waals surface area contributed by atoms with Crippen LogP contribution in [0.4, 0.5) is 0 Å². The Hall–Kier alpha value is -0.570. The largest absolute Gasteiger partial charge is 0.381 e. The molecule has 2 N–H and O–H groups in total. The van der Waals surface area contributed by atoms with Gasteiger partial charge in [-0.15, -0.1) is 24.0 Å². The van der Waals surface area contributed by atoms with Gasteiger partial charge < -0.3 is 20.3 Å². The fourth-order valence-corrected chi connectivity index (χ4v) is 3.52. The third kappa shape index (κ3) is 8.11. The van der Waals surface area contributed by atoms with E-state index in [9.17, 15) is 4.79 Å². The standard InChI is InChI=1S/C18H34N4O2.HI/c1-3-19-18(22(2)13-15-9-12-24-14-15)21-11-10-20-17(23)16-7-5-4-6-8-16;/h15-16H,3-14H2,1-2H3,(H,19,21)(H,20,23);1H. The second-order valence-electron chi connectivity index (χ2n) is 6.97. The number of nitrogens with one attached hydrogen (secondary N) is 2. The maximum Gasteiger partial charge on any atom is 0.223 e. The van der Waals surface area contributed by atoms with Gasteiger partial charge in [0.05, 0.1) is 13.2 Å². The average molecular weight is 466 g/mol. The van der Waals surface area contributed by atoms with Crippen molar-refractivity contribution in [3.05, 3.63) is 0 Å². The molecule has 1 saturated heterocycles.